The van der Waals surface area contributed by atoms with Gasteiger partial charge in [-0.05, 0) is 89.9 Å². The second-order valence-corrected chi connectivity index (χ2v) is 16.0. The number of ether oxygens (including phenoxy) is 3. The molecular formula is C53H90O6. The Hall–Kier alpha value is -3.15. The van der Waals surface area contributed by atoms with Gasteiger partial charge in [-0.25, -0.2) is 0 Å². The largest absolute Gasteiger partial charge is 0.462 e. The summed E-state index contributed by atoms with van der Waals surface area (Å²) < 4.78 is 16.6. The van der Waals surface area contributed by atoms with E-state index in [1.54, 1.807) is 0 Å². The van der Waals surface area contributed by atoms with E-state index in [-0.39, 0.29) is 37.5 Å². The number of hydrogen-bond acceptors (Lipinski definition) is 6. The molecule has 6 heteroatoms. The minimum atomic E-state index is -0.817. The highest BCUT2D eigenvalue weighted by Gasteiger charge is 2.19. The van der Waals surface area contributed by atoms with Crippen molar-refractivity contribution in [3.8, 4) is 0 Å². The molecule has 0 aliphatic carbocycles. The van der Waals surface area contributed by atoms with Gasteiger partial charge in [0.1, 0.15) is 13.2 Å². The van der Waals surface area contributed by atoms with Crippen LogP contribution in [0.15, 0.2) is 72.9 Å². The third kappa shape index (κ3) is 45.8. The van der Waals surface area contributed by atoms with Crippen molar-refractivity contribution in [2.45, 2.75) is 232 Å². The molecule has 0 amide bonds. The summed E-state index contributed by atoms with van der Waals surface area (Å²) in [6.45, 7) is 6.38. The second-order valence-electron chi connectivity index (χ2n) is 16.0. The Bertz CT molecular complexity index is 1130. The Kier molecular flexibility index (Phi) is 45.0. The Labute approximate surface area is 363 Å². The van der Waals surface area contributed by atoms with Crippen molar-refractivity contribution in [1.29, 1.82) is 0 Å². The zero-order chi connectivity index (χ0) is 43.0. The SMILES string of the molecule is CC/C=C\C/C=C\CCCCC(=O)OCC(COC(=O)CCCCCCCCCCCC/C=C\C=C/CCCCC)OC(=O)CC/C=C\C/C=C\CCCCCCCC. The highest BCUT2D eigenvalue weighted by atomic mass is 16.6. The molecule has 0 aromatic heterocycles. The molecule has 1 unspecified atom stereocenters. The molecule has 0 aliphatic rings. The van der Waals surface area contributed by atoms with E-state index in [0.29, 0.717) is 19.3 Å². The number of hydrogen-bond donors (Lipinski definition) is 0. The Balaban J connectivity index is 4.38. The number of carbonyl (C=O) groups is 3. The van der Waals surface area contributed by atoms with Gasteiger partial charge in [-0.1, -0.05) is 190 Å². The predicted octanol–water partition coefficient (Wildman–Crippen LogP) is 15.9. The molecule has 1 atom stereocenters. The molecule has 0 aromatic rings. The van der Waals surface area contributed by atoms with Gasteiger partial charge in [0, 0.05) is 19.3 Å². The molecule has 0 aromatic carbocycles. The Morgan fingerprint density at radius 3 is 1.25 bits per heavy atom. The van der Waals surface area contributed by atoms with Gasteiger partial charge in [-0.15, -0.1) is 0 Å². The molecule has 0 saturated carbocycles. The number of rotatable bonds is 43. The van der Waals surface area contributed by atoms with Crippen LogP contribution in [0.25, 0.3) is 0 Å². The van der Waals surface area contributed by atoms with Gasteiger partial charge in [0.15, 0.2) is 6.10 Å². The van der Waals surface area contributed by atoms with E-state index >= 15 is 0 Å². The van der Waals surface area contributed by atoms with E-state index < -0.39 is 6.10 Å². The molecule has 0 heterocycles. The highest BCUT2D eigenvalue weighted by Crippen LogP contribution is 2.14. The van der Waals surface area contributed by atoms with Gasteiger partial charge in [-0.3, -0.25) is 14.4 Å². The third-order valence-electron chi connectivity index (χ3n) is 10.2. The van der Waals surface area contributed by atoms with Crippen LogP contribution in [0.4, 0.5) is 0 Å². The number of esters is 3. The molecule has 0 rings (SSSR count). The number of allylic oxidation sites excluding steroid dienone is 12. The van der Waals surface area contributed by atoms with Gasteiger partial charge in [0.05, 0.1) is 0 Å². The second kappa shape index (κ2) is 47.5. The van der Waals surface area contributed by atoms with Crippen LogP contribution >= 0.6 is 0 Å². The van der Waals surface area contributed by atoms with Gasteiger partial charge in [-0.2, -0.15) is 0 Å². The van der Waals surface area contributed by atoms with Crippen LogP contribution in [0.5, 0.6) is 0 Å². The number of unbranched alkanes of at least 4 members (excludes halogenated alkanes) is 21. The molecular weight excluding hydrogens is 733 g/mol. The molecule has 0 fully saturated rings. The average molecular weight is 823 g/mol. The summed E-state index contributed by atoms with van der Waals surface area (Å²) in [4.78, 5) is 37.7. The highest BCUT2D eigenvalue weighted by molar-refractivity contribution is 5.71. The summed E-state index contributed by atoms with van der Waals surface area (Å²) in [5.41, 5.74) is 0. The minimum Gasteiger partial charge on any atom is -0.462 e. The minimum absolute atomic E-state index is 0.110. The topological polar surface area (TPSA) is 78.9 Å². The average Bonchev–Trinajstić information content (AvgIpc) is 3.23. The fourth-order valence-electron chi connectivity index (χ4n) is 6.52. The molecule has 0 radical (unpaired) electrons. The van der Waals surface area contributed by atoms with Crippen molar-refractivity contribution in [1.82, 2.24) is 0 Å². The van der Waals surface area contributed by atoms with Crippen molar-refractivity contribution in [2.75, 3.05) is 13.2 Å². The lowest BCUT2D eigenvalue weighted by Crippen LogP contribution is -2.30. The van der Waals surface area contributed by atoms with Crippen molar-refractivity contribution < 1.29 is 28.6 Å². The summed E-state index contributed by atoms with van der Waals surface area (Å²) in [7, 11) is 0. The van der Waals surface area contributed by atoms with Crippen molar-refractivity contribution in [3.63, 3.8) is 0 Å². The normalized spacial score (nSPS) is 12.7. The predicted molar refractivity (Wildman–Crippen MR) is 251 cm³/mol. The van der Waals surface area contributed by atoms with Gasteiger partial charge < -0.3 is 14.2 Å². The van der Waals surface area contributed by atoms with Crippen LogP contribution in [0.2, 0.25) is 0 Å². The first-order valence-corrected chi connectivity index (χ1v) is 24.5. The maximum atomic E-state index is 12.7. The van der Waals surface area contributed by atoms with Crippen LogP contribution in [0, 0.1) is 0 Å². The Morgan fingerprint density at radius 2 is 0.746 bits per heavy atom. The van der Waals surface area contributed by atoms with E-state index in [1.807, 2.05) is 6.08 Å². The lowest BCUT2D eigenvalue weighted by atomic mass is 10.1. The zero-order valence-corrected chi connectivity index (χ0v) is 38.5. The molecule has 0 spiro atoms. The summed E-state index contributed by atoms with van der Waals surface area (Å²) >= 11 is 0. The van der Waals surface area contributed by atoms with E-state index in [4.69, 9.17) is 14.2 Å². The molecule has 0 saturated heterocycles. The standard InChI is InChI=1S/C53H90O6/c1-4-7-10-13-16-19-21-23-24-25-26-27-28-30-31-34-37-40-43-46-52(55)58-49-50(48-57-51(54)45-42-39-36-33-18-15-12-9-6-3)59-53(56)47-44-41-38-35-32-29-22-20-17-14-11-8-5-2/h9,12,16,18-19,21,23,29,32-33,38,41,50H,4-8,10-11,13-15,17,20,22,24-28,30-31,34-37,39-40,42-49H2,1-3H3/b12-9-,19-16-,23-21-,32-29-,33-18-,41-38-. The van der Waals surface area contributed by atoms with Crippen LogP contribution in [-0.4, -0.2) is 37.2 Å². The van der Waals surface area contributed by atoms with E-state index in [2.05, 4.69) is 87.6 Å². The molecule has 0 bridgehead atoms. The van der Waals surface area contributed by atoms with E-state index in [1.165, 1.54) is 116 Å². The van der Waals surface area contributed by atoms with Crippen LogP contribution in [-0.2, 0) is 28.6 Å². The van der Waals surface area contributed by atoms with E-state index in [9.17, 15) is 14.4 Å². The first kappa shape index (κ1) is 55.9. The fraction of sp³-hybridized carbons (Fsp3) is 0.717. The molecule has 59 heavy (non-hydrogen) atoms. The van der Waals surface area contributed by atoms with Gasteiger partial charge >= 0.3 is 17.9 Å². The van der Waals surface area contributed by atoms with Crippen LogP contribution in [0.3, 0.4) is 0 Å². The maximum absolute atomic E-state index is 12.7. The quantitative estimate of drug-likeness (QED) is 0.0200. The summed E-state index contributed by atoms with van der Waals surface area (Å²) in [5, 5.41) is 0. The molecule has 0 N–H and O–H groups in total. The maximum Gasteiger partial charge on any atom is 0.306 e. The van der Waals surface area contributed by atoms with Gasteiger partial charge in [0.2, 0.25) is 0 Å². The monoisotopic (exact) mass is 823 g/mol. The summed E-state index contributed by atoms with van der Waals surface area (Å²) in [6.07, 6.45) is 59.1. The Morgan fingerprint density at radius 1 is 0.373 bits per heavy atom. The molecule has 6 nitrogen and oxygen atoms in total. The third-order valence-corrected chi connectivity index (χ3v) is 10.2. The number of carbonyl (C=O) groups excluding carboxylic acids is 3. The van der Waals surface area contributed by atoms with Gasteiger partial charge in [0.25, 0.3) is 0 Å². The summed E-state index contributed by atoms with van der Waals surface area (Å²) in [6, 6.07) is 0. The van der Waals surface area contributed by atoms with Crippen LogP contribution in [0.1, 0.15) is 226 Å². The van der Waals surface area contributed by atoms with E-state index in [0.717, 1.165) is 64.2 Å². The lowest BCUT2D eigenvalue weighted by molar-refractivity contribution is -0.166. The van der Waals surface area contributed by atoms with Crippen molar-refractivity contribution in [3.05, 3.63) is 72.9 Å². The fourth-order valence-corrected chi connectivity index (χ4v) is 6.52. The zero-order valence-electron chi connectivity index (χ0n) is 38.5. The summed E-state index contributed by atoms with van der Waals surface area (Å²) in [5.74, 6) is -1.02. The molecule has 338 valence electrons. The van der Waals surface area contributed by atoms with Crippen molar-refractivity contribution >= 4 is 17.9 Å². The first-order chi connectivity index (χ1) is 29.0. The van der Waals surface area contributed by atoms with Crippen LogP contribution < -0.4 is 0 Å². The first-order valence-electron chi connectivity index (χ1n) is 24.5. The van der Waals surface area contributed by atoms with Crippen molar-refractivity contribution in [2.24, 2.45) is 0 Å². The lowest BCUT2D eigenvalue weighted by Gasteiger charge is -2.18. The smallest absolute Gasteiger partial charge is 0.306 e. The molecule has 0 aliphatic heterocycles.